The van der Waals surface area contributed by atoms with Crippen LogP contribution in [0.15, 0.2) is 55.0 Å². The summed E-state index contributed by atoms with van der Waals surface area (Å²) in [6.45, 7) is 2.46. The average molecular weight is 396 g/mol. The van der Waals surface area contributed by atoms with Gasteiger partial charge in [-0.1, -0.05) is 12.1 Å². The SMILES string of the molecule is O=C(c1cnc(Nc2c(F)cccc2F)nc1)N1CCN(c2ccccn2)CC1. The van der Waals surface area contributed by atoms with Crippen molar-refractivity contribution in [3.8, 4) is 0 Å². The zero-order chi connectivity index (χ0) is 20.2. The Morgan fingerprint density at radius 1 is 0.897 bits per heavy atom. The van der Waals surface area contributed by atoms with Gasteiger partial charge in [-0.2, -0.15) is 0 Å². The Morgan fingerprint density at radius 3 is 2.21 bits per heavy atom. The molecule has 0 unspecified atom stereocenters. The van der Waals surface area contributed by atoms with Crippen molar-refractivity contribution < 1.29 is 13.6 Å². The number of para-hydroxylation sites is 1. The van der Waals surface area contributed by atoms with E-state index >= 15 is 0 Å². The largest absolute Gasteiger partial charge is 0.353 e. The fourth-order valence-electron chi connectivity index (χ4n) is 3.09. The Kier molecular flexibility index (Phi) is 5.28. The van der Waals surface area contributed by atoms with Crippen molar-refractivity contribution in [3.05, 3.63) is 72.2 Å². The highest BCUT2D eigenvalue weighted by atomic mass is 19.1. The van der Waals surface area contributed by atoms with Gasteiger partial charge in [-0.25, -0.2) is 23.7 Å². The normalized spacial score (nSPS) is 14.0. The van der Waals surface area contributed by atoms with Crippen molar-refractivity contribution in [2.24, 2.45) is 0 Å². The fraction of sp³-hybridized carbons (Fsp3) is 0.200. The predicted octanol–water partition coefficient (Wildman–Crippen LogP) is 2.86. The zero-order valence-corrected chi connectivity index (χ0v) is 15.4. The van der Waals surface area contributed by atoms with Crippen molar-refractivity contribution in [1.82, 2.24) is 19.9 Å². The maximum Gasteiger partial charge on any atom is 0.257 e. The molecule has 0 radical (unpaired) electrons. The minimum Gasteiger partial charge on any atom is -0.353 e. The third kappa shape index (κ3) is 4.13. The first-order valence-corrected chi connectivity index (χ1v) is 9.10. The number of amides is 1. The Morgan fingerprint density at radius 2 is 1.59 bits per heavy atom. The number of hydrogen-bond acceptors (Lipinski definition) is 6. The Balaban J connectivity index is 1.39. The van der Waals surface area contributed by atoms with Crippen LogP contribution in [0.1, 0.15) is 10.4 Å². The number of benzene rings is 1. The van der Waals surface area contributed by atoms with E-state index in [2.05, 4.69) is 25.2 Å². The minimum absolute atomic E-state index is 0.00511. The van der Waals surface area contributed by atoms with Crippen molar-refractivity contribution in [1.29, 1.82) is 0 Å². The second kappa shape index (κ2) is 8.17. The molecule has 1 amide bonds. The number of pyridine rings is 1. The van der Waals surface area contributed by atoms with Crippen LogP contribution in [-0.4, -0.2) is 51.9 Å². The van der Waals surface area contributed by atoms with Crippen molar-refractivity contribution in [3.63, 3.8) is 0 Å². The van der Waals surface area contributed by atoms with Gasteiger partial charge in [0.25, 0.3) is 5.91 Å². The second-order valence-corrected chi connectivity index (χ2v) is 6.48. The molecule has 3 heterocycles. The van der Waals surface area contributed by atoms with Crippen LogP contribution in [0, 0.1) is 11.6 Å². The van der Waals surface area contributed by atoms with E-state index in [4.69, 9.17) is 0 Å². The lowest BCUT2D eigenvalue weighted by atomic mass is 10.2. The smallest absolute Gasteiger partial charge is 0.257 e. The first kappa shape index (κ1) is 18.7. The van der Waals surface area contributed by atoms with Crippen LogP contribution < -0.4 is 10.2 Å². The molecule has 3 aromatic rings. The molecule has 0 aliphatic carbocycles. The Labute approximate surface area is 166 Å². The topological polar surface area (TPSA) is 74.2 Å². The molecular formula is C20H18F2N6O. The first-order chi connectivity index (χ1) is 14.1. The van der Waals surface area contributed by atoms with Crippen molar-refractivity contribution in [2.75, 3.05) is 36.4 Å². The van der Waals surface area contributed by atoms with Gasteiger partial charge in [0.1, 0.15) is 23.1 Å². The highest BCUT2D eigenvalue weighted by Crippen LogP contribution is 2.21. The van der Waals surface area contributed by atoms with Crippen molar-refractivity contribution >= 4 is 23.4 Å². The van der Waals surface area contributed by atoms with Crippen LogP contribution in [0.4, 0.5) is 26.2 Å². The molecule has 1 saturated heterocycles. The number of carbonyl (C=O) groups is 1. The van der Waals surface area contributed by atoms with E-state index in [1.54, 1.807) is 11.1 Å². The summed E-state index contributed by atoms with van der Waals surface area (Å²) in [5, 5.41) is 2.50. The summed E-state index contributed by atoms with van der Waals surface area (Å²) in [7, 11) is 0. The number of halogens is 2. The van der Waals surface area contributed by atoms with Crippen LogP contribution in [-0.2, 0) is 0 Å². The molecule has 1 aliphatic rings. The molecule has 1 fully saturated rings. The number of carbonyl (C=O) groups excluding carboxylic acids is 1. The van der Waals surface area contributed by atoms with Crippen LogP contribution in [0.25, 0.3) is 0 Å². The molecule has 1 N–H and O–H groups in total. The maximum absolute atomic E-state index is 13.7. The van der Waals surface area contributed by atoms with Gasteiger partial charge in [0.15, 0.2) is 0 Å². The number of aromatic nitrogens is 3. The molecule has 0 atom stereocenters. The molecule has 1 aromatic carbocycles. The summed E-state index contributed by atoms with van der Waals surface area (Å²) >= 11 is 0. The van der Waals surface area contributed by atoms with Gasteiger partial charge in [0.2, 0.25) is 5.95 Å². The van der Waals surface area contributed by atoms with Gasteiger partial charge >= 0.3 is 0 Å². The number of nitrogens with zero attached hydrogens (tertiary/aromatic N) is 5. The van der Waals surface area contributed by atoms with E-state index in [0.29, 0.717) is 31.7 Å². The second-order valence-electron chi connectivity index (χ2n) is 6.48. The maximum atomic E-state index is 13.7. The van der Waals surface area contributed by atoms with Gasteiger partial charge in [-0.3, -0.25) is 4.79 Å². The van der Waals surface area contributed by atoms with Crippen LogP contribution in [0.5, 0.6) is 0 Å². The highest BCUT2D eigenvalue weighted by Gasteiger charge is 2.23. The molecule has 7 nitrogen and oxygen atoms in total. The molecular weight excluding hydrogens is 378 g/mol. The molecule has 148 valence electrons. The number of hydrogen-bond donors (Lipinski definition) is 1. The lowest BCUT2D eigenvalue weighted by molar-refractivity contribution is 0.0745. The van der Waals surface area contributed by atoms with Gasteiger partial charge in [-0.05, 0) is 24.3 Å². The third-order valence-electron chi connectivity index (χ3n) is 4.64. The van der Waals surface area contributed by atoms with E-state index in [9.17, 15) is 13.6 Å². The van der Waals surface area contributed by atoms with E-state index in [1.165, 1.54) is 18.5 Å². The molecule has 1 aliphatic heterocycles. The Hall–Kier alpha value is -3.62. The lowest BCUT2D eigenvalue weighted by Crippen LogP contribution is -2.49. The average Bonchev–Trinajstić information content (AvgIpc) is 2.77. The predicted molar refractivity (Wildman–Crippen MR) is 104 cm³/mol. The molecule has 4 rings (SSSR count). The summed E-state index contributed by atoms with van der Waals surface area (Å²) in [5.74, 6) is -0.794. The highest BCUT2D eigenvalue weighted by molar-refractivity contribution is 5.93. The summed E-state index contributed by atoms with van der Waals surface area (Å²) in [6, 6.07) is 9.27. The Bertz CT molecular complexity index is 971. The summed E-state index contributed by atoms with van der Waals surface area (Å²) in [6.07, 6.45) is 4.44. The molecule has 0 saturated carbocycles. The number of piperazine rings is 1. The first-order valence-electron chi connectivity index (χ1n) is 9.10. The zero-order valence-electron chi connectivity index (χ0n) is 15.4. The van der Waals surface area contributed by atoms with Crippen molar-refractivity contribution in [2.45, 2.75) is 0 Å². The van der Waals surface area contributed by atoms with Crippen LogP contribution >= 0.6 is 0 Å². The van der Waals surface area contributed by atoms with Gasteiger partial charge in [0.05, 0.1) is 5.56 Å². The summed E-state index contributed by atoms with van der Waals surface area (Å²) in [5.41, 5.74) is -0.0203. The van der Waals surface area contributed by atoms with E-state index in [1.807, 2.05) is 18.2 Å². The van der Waals surface area contributed by atoms with E-state index in [-0.39, 0.29) is 17.5 Å². The van der Waals surface area contributed by atoms with E-state index < -0.39 is 11.6 Å². The summed E-state index contributed by atoms with van der Waals surface area (Å²) < 4.78 is 27.4. The number of nitrogens with one attached hydrogen (secondary N) is 1. The molecule has 9 heteroatoms. The van der Waals surface area contributed by atoms with Crippen LogP contribution in [0.3, 0.4) is 0 Å². The third-order valence-corrected chi connectivity index (χ3v) is 4.64. The van der Waals surface area contributed by atoms with Crippen LogP contribution in [0.2, 0.25) is 0 Å². The molecule has 0 spiro atoms. The quantitative estimate of drug-likeness (QED) is 0.731. The van der Waals surface area contributed by atoms with Gasteiger partial charge in [0, 0.05) is 44.8 Å². The minimum atomic E-state index is -0.750. The monoisotopic (exact) mass is 396 g/mol. The summed E-state index contributed by atoms with van der Waals surface area (Å²) in [4.78, 5) is 28.9. The number of anilines is 3. The standard InChI is InChI=1S/C20H18F2N6O/c21-15-4-3-5-16(22)18(15)26-20-24-12-14(13-25-20)19(29)28-10-8-27(9-11-28)17-6-1-2-7-23-17/h1-7,12-13H,8-11H2,(H,24,25,26). The molecule has 2 aromatic heterocycles. The number of rotatable bonds is 4. The lowest BCUT2D eigenvalue weighted by Gasteiger charge is -2.35. The fourth-order valence-corrected chi connectivity index (χ4v) is 3.09. The van der Waals surface area contributed by atoms with E-state index in [0.717, 1.165) is 18.0 Å². The molecule has 0 bridgehead atoms. The molecule has 29 heavy (non-hydrogen) atoms. The van der Waals surface area contributed by atoms with Gasteiger partial charge in [-0.15, -0.1) is 0 Å². The van der Waals surface area contributed by atoms with Gasteiger partial charge < -0.3 is 15.1 Å².